The fourth-order valence-electron chi connectivity index (χ4n) is 2.05. The van der Waals surface area contributed by atoms with Crippen molar-refractivity contribution in [3.63, 3.8) is 0 Å². The van der Waals surface area contributed by atoms with Gasteiger partial charge < -0.3 is 10.1 Å². The molecule has 0 amide bonds. The molecule has 0 bridgehead atoms. The Labute approximate surface area is 112 Å². The first-order chi connectivity index (χ1) is 9.13. The van der Waals surface area contributed by atoms with Gasteiger partial charge in [0.25, 0.3) is 0 Å². The van der Waals surface area contributed by atoms with E-state index in [0.29, 0.717) is 17.9 Å². The number of rotatable bonds is 5. The van der Waals surface area contributed by atoms with Crippen LogP contribution in [0, 0.1) is 5.82 Å². The molecule has 5 heteroatoms. The van der Waals surface area contributed by atoms with Crippen LogP contribution in [0.3, 0.4) is 0 Å². The highest BCUT2D eigenvalue weighted by molar-refractivity contribution is 5.36. The molecule has 2 aromatic rings. The minimum absolute atomic E-state index is 0.147. The van der Waals surface area contributed by atoms with Gasteiger partial charge in [0.05, 0.1) is 12.8 Å². The second kappa shape index (κ2) is 5.84. The predicted molar refractivity (Wildman–Crippen MR) is 71.4 cm³/mol. The molecule has 0 fully saturated rings. The zero-order valence-corrected chi connectivity index (χ0v) is 11.4. The Morgan fingerprint density at radius 3 is 2.84 bits per heavy atom. The van der Waals surface area contributed by atoms with Crippen LogP contribution in [0.4, 0.5) is 4.39 Å². The molecule has 2 rings (SSSR count). The Morgan fingerprint density at radius 1 is 1.42 bits per heavy atom. The molecular weight excluding hydrogens is 245 g/mol. The normalized spacial score (nSPS) is 12.4. The average molecular weight is 263 g/mol. The standard InChI is InChI=1S/C14H18FN3O/c1-10(16-9-11-7-8-17-18(11)2)14-12(15)5-4-6-13(14)19-3/h4-8,10,16H,9H2,1-3H3. The summed E-state index contributed by atoms with van der Waals surface area (Å²) in [5, 5.41) is 7.37. The quantitative estimate of drug-likeness (QED) is 0.900. The van der Waals surface area contributed by atoms with Crippen molar-refractivity contribution in [3.8, 4) is 5.75 Å². The van der Waals surface area contributed by atoms with Crippen LogP contribution in [0.25, 0.3) is 0 Å². The molecule has 0 spiro atoms. The van der Waals surface area contributed by atoms with Crippen molar-refractivity contribution < 1.29 is 9.13 Å². The molecule has 1 aromatic heterocycles. The van der Waals surface area contributed by atoms with E-state index in [1.54, 1.807) is 30.1 Å². The number of nitrogens with zero attached hydrogens (tertiary/aromatic N) is 2. The van der Waals surface area contributed by atoms with Crippen molar-refractivity contribution in [2.75, 3.05) is 7.11 Å². The first-order valence-electron chi connectivity index (χ1n) is 6.16. The van der Waals surface area contributed by atoms with E-state index in [0.717, 1.165) is 5.69 Å². The number of aromatic nitrogens is 2. The number of nitrogens with one attached hydrogen (secondary N) is 1. The Hall–Kier alpha value is -1.88. The number of hydrogen-bond acceptors (Lipinski definition) is 3. The third-order valence-electron chi connectivity index (χ3n) is 3.18. The number of methoxy groups -OCH3 is 1. The van der Waals surface area contributed by atoms with Gasteiger partial charge >= 0.3 is 0 Å². The zero-order chi connectivity index (χ0) is 13.8. The minimum Gasteiger partial charge on any atom is -0.496 e. The van der Waals surface area contributed by atoms with E-state index >= 15 is 0 Å². The van der Waals surface area contributed by atoms with Crippen molar-refractivity contribution in [3.05, 3.63) is 47.5 Å². The molecule has 1 atom stereocenters. The topological polar surface area (TPSA) is 39.1 Å². The molecule has 1 N–H and O–H groups in total. The molecule has 4 nitrogen and oxygen atoms in total. The summed E-state index contributed by atoms with van der Waals surface area (Å²) in [5.41, 5.74) is 1.59. The van der Waals surface area contributed by atoms with Crippen LogP contribution in [-0.4, -0.2) is 16.9 Å². The van der Waals surface area contributed by atoms with Gasteiger partial charge in [-0.1, -0.05) is 6.07 Å². The predicted octanol–water partition coefficient (Wildman–Crippen LogP) is 2.42. The molecule has 0 aliphatic rings. The second-order valence-electron chi connectivity index (χ2n) is 4.40. The number of benzene rings is 1. The summed E-state index contributed by atoms with van der Waals surface area (Å²) >= 11 is 0. The highest BCUT2D eigenvalue weighted by Crippen LogP contribution is 2.27. The van der Waals surface area contributed by atoms with Crippen LogP contribution in [0.5, 0.6) is 5.75 Å². The van der Waals surface area contributed by atoms with Crippen molar-refractivity contribution in [1.82, 2.24) is 15.1 Å². The van der Waals surface area contributed by atoms with E-state index in [9.17, 15) is 4.39 Å². The van der Waals surface area contributed by atoms with Crippen molar-refractivity contribution in [2.45, 2.75) is 19.5 Å². The van der Waals surface area contributed by atoms with E-state index in [2.05, 4.69) is 10.4 Å². The molecule has 0 saturated carbocycles. The van der Waals surface area contributed by atoms with Crippen LogP contribution in [0.2, 0.25) is 0 Å². The Balaban J connectivity index is 2.12. The van der Waals surface area contributed by atoms with Crippen molar-refractivity contribution in [1.29, 1.82) is 0 Å². The SMILES string of the molecule is COc1cccc(F)c1C(C)NCc1ccnn1C. The summed E-state index contributed by atoms with van der Waals surface area (Å²) in [5.74, 6) is 0.300. The summed E-state index contributed by atoms with van der Waals surface area (Å²) in [4.78, 5) is 0. The van der Waals surface area contributed by atoms with Gasteiger partial charge in [0.1, 0.15) is 11.6 Å². The van der Waals surface area contributed by atoms with Gasteiger partial charge in [-0.25, -0.2) is 4.39 Å². The lowest BCUT2D eigenvalue weighted by Gasteiger charge is -2.18. The number of aryl methyl sites for hydroxylation is 1. The van der Waals surface area contributed by atoms with Gasteiger partial charge in [-0.15, -0.1) is 0 Å². The van der Waals surface area contributed by atoms with E-state index in [4.69, 9.17) is 4.74 Å². The third-order valence-corrected chi connectivity index (χ3v) is 3.18. The molecular formula is C14H18FN3O. The van der Waals surface area contributed by atoms with Gasteiger partial charge in [0, 0.05) is 31.4 Å². The summed E-state index contributed by atoms with van der Waals surface area (Å²) < 4.78 is 20.9. The van der Waals surface area contributed by atoms with E-state index < -0.39 is 0 Å². The summed E-state index contributed by atoms with van der Waals surface area (Å²) in [6.45, 7) is 2.53. The number of ether oxygens (including phenoxy) is 1. The third kappa shape index (κ3) is 2.93. The number of hydrogen-bond donors (Lipinski definition) is 1. The summed E-state index contributed by atoms with van der Waals surface area (Å²) in [7, 11) is 3.43. The lowest BCUT2D eigenvalue weighted by Crippen LogP contribution is -2.21. The summed E-state index contributed by atoms with van der Waals surface area (Å²) in [6, 6.07) is 6.64. The molecule has 1 heterocycles. The summed E-state index contributed by atoms with van der Waals surface area (Å²) in [6.07, 6.45) is 1.74. The smallest absolute Gasteiger partial charge is 0.131 e. The molecule has 19 heavy (non-hydrogen) atoms. The van der Waals surface area contributed by atoms with Crippen molar-refractivity contribution in [2.24, 2.45) is 7.05 Å². The first-order valence-corrected chi connectivity index (χ1v) is 6.16. The molecule has 1 unspecified atom stereocenters. The lowest BCUT2D eigenvalue weighted by molar-refractivity contribution is 0.393. The molecule has 1 aromatic carbocycles. The largest absolute Gasteiger partial charge is 0.496 e. The van der Waals surface area contributed by atoms with Crippen LogP contribution in [-0.2, 0) is 13.6 Å². The van der Waals surface area contributed by atoms with Crippen LogP contribution >= 0.6 is 0 Å². The van der Waals surface area contributed by atoms with E-state index in [-0.39, 0.29) is 11.9 Å². The number of halogens is 1. The first kappa shape index (κ1) is 13.5. The Morgan fingerprint density at radius 2 is 2.21 bits per heavy atom. The second-order valence-corrected chi connectivity index (χ2v) is 4.40. The average Bonchev–Trinajstić information content (AvgIpc) is 2.81. The minimum atomic E-state index is -0.260. The fraction of sp³-hybridized carbons (Fsp3) is 0.357. The maximum absolute atomic E-state index is 13.9. The van der Waals surface area contributed by atoms with E-state index in [1.165, 1.54) is 6.07 Å². The lowest BCUT2D eigenvalue weighted by atomic mass is 10.1. The molecule has 0 saturated heterocycles. The van der Waals surface area contributed by atoms with Crippen LogP contribution in [0.1, 0.15) is 24.2 Å². The molecule has 0 aliphatic carbocycles. The molecule has 102 valence electrons. The van der Waals surface area contributed by atoms with Gasteiger partial charge in [-0.2, -0.15) is 5.10 Å². The van der Waals surface area contributed by atoms with Crippen molar-refractivity contribution >= 4 is 0 Å². The fourth-order valence-corrected chi connectivity index (χ4v) is 2.05. The highest BCUT2D eigenvalue weighted by Gasteiger charge is 2.16. The van der Waals surface area contributed by atoms with E-state index in [1.807, 2.05) is 20.0 Å². The molecule has 0 radical (unpaired) electrons. The van der Waals surface area contributed by atoms with Gasteiger partial charge in [0.2, 0.25) is 0 Å². The van der Waals surface area contributed by atoms with Crippen LogP contribution in [0.15, 0.2) is 30.5 Å². The zero-order valence-electron chi connectivity index (χ0n) is 11.4. The Bertz CT molecular complexity index is 553. The Kier molecular flexibility index (Phi) is 4.16. The van der Waals surface area contributed by atoms with Gasteiger partial charge in [-0.05, 0) is 25.1 Å². The monoisotopic (exact) mass is 263 g/mol. The van der Waals surface area contributed by atoms with Gasteiger partial charge in [-0.3, -0.25) is 4.68 Å². The highest BCUT2D eigenvalue weighted by atomic mass is 19.1. The maximum Gasteiger partial charge on any atom is 0.131 e. The maximum atomic E-state index is 13.9. The molecule has 0 aliphatic heterocycles. The van der Waals surface area contributed by atoms with Gasteiger partial charge in [0.15, 0.2) is 0 Å². The van der Waals surface area contributed by atoms with Crippen LogP contribution < -0.4 is 10.1 Å².